The first kappa shape index (κ1) is 16.1. The predicted molar refractivity (Wildman–Crippen MR) is 98.4 cm³/mol. The summed E-state index contributed by atoms with van der Waals surface area (Å²) >= 11 is 1.87. The molecule has 0 fully saturated rings. The third-order valence-electron chi connectivity index (χ3n) is 4.27. The number of fused-ring (bicyclic) bond motifs is 2. The number of benzene rings is 2. The summed E-state index contributed by atoms with van der Waals surface area (Å²) < 4.78 is 10.7. The van der Waals surface area contributed by atoms with Gasteiger partial charge in [0.05, 0.1) is 12.2 Å². The van der Waals surface area contributed by atoms with Gasteiger partial charge in [-0.3, -0.25) is 4.79 Å². The summed E-state index contributed by atoms with van der Waals surface area (Å²) in [5, 5.41) is 3.47. The zero-order chi connectivity index (χ0) is 17.2. The molecule has 0 radical (unpaired) electrons. The lowest BCUT2D eigenvalue weighted by Gasteiger charge is -2.33. The summed E-state index contributed by atoms with van der Waals surface area (Å²) in [4.78, 5) is 15.8. The second kappa shape index (κ2) is 6.88. The van der Waals surface area contributed by atoms with Gasteiger partial charge in [0, 0.05) is 23.2 Å². The predicted octanol–water partition coefficient (Wildman–Crippen LogP) is 3.03. The second-order valence-corrected chi connectivity index (χ2v) is 7.72. The van der Waals surface area contributed by atoms with Crippen molar-refractivity contribution in [3.05, 3.63) is 48.0 Å². The zero-order valence-electron chi connectivity index (χ0n) is 14.0. The van der Waals surface area contributed by atoms with Gasteiger partial charge in [-0.25, -0.2) is 0 Å². The first-order valence-corrected chi connectivity index (χ1v) is 9.23. The van der Waals surface area contributed by atoms with Crippen molar-refractivity contribution in [1.82, 2.24) is 5.32 Å². The van der Waals surface area contributed by atoms with E-state index in [2.05, 4.69) is 29.3 Å². The van der Waals surface area contributed by atoms with Gasteiger partial charge in [-0.15, -0.1) is 11.8 Å². The molecule has 0 aromatic heterocycles. The molecule has 2 aliphatic heterocycles. The zero-order valence-corrected chi connectivity index (χ0v) is 14.8. The lowest BCUT2D eigenvalue weighted by molar-refractivity contribution is -0.119. The fourth-order valence-corrected chi connectivity index (χ4v) is 4.27. The summed E-state index contributed by atoms with van der Waals surface area (Å²) in [6, 6.07) is 14.0. The summed E-state index contributed by atoms with van der Waals surface area (Å²) in [5.74, 6) is 1.51. The number of ether oxygens (including phenoxy) is 2. The normalized spacial score (nSPS) is 18.0. The smallest absolute Gasteiger partial charge is 0.239 e. The molecule has 0 bridgehead atoms. The van der Waals surface area contributed by atoms with Crippen LogP contribution in [0.5, 0.6) is 11.5 Å². The maximum atomic E-state index is 12.4. The number of amides is 1. The summed E-state index contributed by atoms with van der Waals surface area (Å²) in [7, 11) is 0. The summed E-state index contributed by atoms with van der Waals surface area (Å²) in [6.45, 7) is 4.18. The number of carbonyl (C=O) groups is 1. The van der Waals surface area contributed by atoms with Crippen LogP contribution in [0.1, 0.15) is 12.5 Å². The summed E-state index contributed by atoms with van der Waals surface area (Å²) in [6.07, 6.45) is 0. The van der Waals surface area contributed by atoms with E-state index in [-0.39, 0.29) is 12.7 Å². The number of rotatable bonds is 4. The molecule has 4 rings (SSSR count). The first-order valence-electron chi connectivity index (χ1n) is 8.35. The molecule has 2 heterocycles. The molecule has 2 aromatic rings. The van der Waals surface area contributed by atoms with Gasteiger partial charge in [0.2, 0.25) is 12.7 Å². The second-order valence-electron chi connectivity index (χ2n) is 6.24. The fourth-order valence-electron chi connectivity index (χ4n) is 3.11. The van der Waals surface area contributed by atoms with Crippen LogP contribution in [0.25, 0.3) is 0 Å². The Hall–Kier alpha value is -2.34. The minimum atomic E-state index is 0.0200. The van der Waals surface area contributed by atoms with E-state index in [1.54, 1.807) is 0 Å². The SMILES string of the molecule is C[C@H]1CN(CC(=O)NCc2ccc3c(c2)OCO3)c2ccccc2S1. The molecule has 25 heavy (non-hydrogen) atoms. The molecule has 0 unspecified atom stereocenters. The molecular weight excluding hydrogens is 336 g/mol. The van der Waals surface area contributed by atoms with Crippen LogP contribution in [0.4, 0.5) is 5.69 Å². The van der Waals surface area contributed by atoms with E-state index in [9.17, 15) is 4.79 Å². The van der Waals surface area contributed by atoms with Gasteiger partial charge < -0.3 is 19.7 Å². The highest BCUT2D eigenvalue weighted by molar-refractivity contribution is 8.00. The molecule has 1 amide bonds. The third-order valence-corrected chi connectivity index (χ3v) is 5.42. The fraction of sp³-hybridized carbons (Fsp3) is 0.316. The van der Waals surface area contributed by atoms with Crippen LogP contribution in [0.15, 0.2) is 47.4 Å². The van der Waals surface area contributed by atoms with Crippen LogP contribution in [-0.4, -0.2) is 31.0 Å². The average molecular weight is 356 g/mol. The Morgan fingerprint density at radius 1 is 1.24 bits per heavy atom. The summed E-state index contributed by atoms with van der Waals surface area (Å²) in [5.41, 5.74) is 2.14. The standard InChI is InChI=1S/C19H20N2O3S/c1-13-10-21(15-4-2-3-5-18(15)25-13)11-19(22)20-9-14-6-7-16-17(8-14)24-12-23-16/h2-8,13H,9-12H2,1H3,(H,20,22)/t13-/m0/s1. The van der Waals surface area contributed by atoms with Gasteiger partial charge in [0.1, 0.15) is 0 Å². The van der Waals surface area contributed by atoms with Crippen LogP contribution in [0.3, 0.4) is 0 Å². The van der Waals surface area contributed by atoms with E-state index in [0.717, 1.165) is 29.3 Å². The molecule has 0 saturated heterocycles. The number of hydrogen-bond acceptors (Lipinski definition) is 5. The van der Waals surface area contributed by atoms with Crippen molar-refractivity contribution in [3.63, 3.8) is 0 Å². The molecular formula is C19H20N2O3S. The highest BCUT2D eigenvalue weighted by Crippen LogP contribution is 2.37. The van der Waals surface area contributed by atoms with E-state index >= 15 is 0 Å². The van der Waals surface area contributed by atoms with Gasteiger partial charge in [-0.05, 0) is 29.8 Å². The molecule has 0 saturated carbocycles. The van der Waals surface area contributed by atoms with E-state index in [1.165, 1.54) is 4.90 Å². The lowest BCUT2D eigenvalue weighted by atomic mass is 10.2. The molecule has 0 spiro atoms. The highest BCUT2D eigenvalue weighted by atomic mass is 32.2. The number of carbonyl (C=O) groups excluding carboxylic acids is 1. The van der Waals surface area contributed by atoms with Crippen LogP contribution < -0.4 is 19.7 Å². The minimum Gasteiger partial charge on any atom is -0.454 e. The van der Waals surface area contributed by atoms with Crippen LogP contribution in [0.2, 0.25) is 0 Å². The van der Waals surface area contributed by atoms with Gasteiger partial charge in [-0.2, -0.15) is 0 Å². The Kier molecular flexibility index (Phi) is 4.44. The topological polar surface area (TPSA) is 50.8 Å². The van der Waals surface area contributed by atoms with Gasteiger partial charge in [-0.1, -0.05) is 25.1 Å². The third kappa shape index (κ3) is 3.54. The van der Waals surface area contributed by atoms with Crippen LogP contribution in [0, 0.1) is 0 Å². The minimum absolute atomic E-state index is 0.0200. The van der Waals surface area contributed by atoms with E-state index < -0.39 is 0 Å². The lowest BCUT2D eigenvalue weighted by Crippen LogP contribution is -2.41. The Balaban J connectivity index is 1.38. The monoisotopic (exact) mass is 356 g/mol. The number of nitrogens with one attached hydrogen (secondary N) is 1. The number of hydrogen-bond donors (Lipinski definition) is 1. The molecule has 5 nitrogen and oxygen atoms in total. The van der Waals surface area contributed by atoms with E-state index in [4.69, 9.17) is 9.47 Å². The maximum Gasteiger partial charge on any atom is 0.239 e. The number of thioether (sulfide) groups is 1. The molecule has 6 heteroatoms. The van der Waals surface area contributed by atoms with Crippen LogP contribution >= 0.6 is 11.8 Å². The largest absolute Gasteiger partial charge is 0.454 e. The molecule has 1 N–H and O–H groups in total. The van der Waals surface area contributed by atoms with Gasteiger partial charge >= 0.3 is 0 Å². The maximum absolute atomic E-state index is 12.4. The molecule has 130 valence electrons. The van der Waals surface area contributed by atoms with Crippen molar-refractivity contribution in [3.8, 4) is 11.5 Å². The number of para-hydroxylation sites is 1. The Labute approximate surface area is 151 Å². The Morgan fingerprint density at radius 2 is 2.08 bits per heavy atom. The highest BCUT2D eigenvalue weighted by Gasteiger charge is 2.23. The Morgan fingerprint density at radius 3 is 3.00 bits per heavy atom. The van der Waals surface area contributed by atoms with E-state index in [0.29, 0.717) is 18.3 Å². The van der Waals surface area contributed by atoms with Gasteiger partial charge in [0.25, 0.3) is 0 Å². The van der Waals surface area contributed by atoms with Crippen molar-refractivity contribution >= 4 is 23.4 Å². The quantitative estimate of drug-likeness (QED) is 0.913. The van der Waals surface area contributed by atoms with Crippen molar-refractivity contribution in [1.29, 1.82) is 0 Å². The molecule has 0 aliphatic carbocycles. The van der Waals surface area contributed by atoms with Crippen molar-refractivity contribution in [2.24, 2.45) is 0 Å². The number of anilines is 1. The molecule has 2 aromatic carbocycles. The van der Waals surface area contributed by atoms with E-state index in [1.807, 2.05) is 42.1 Å². The van der Waals surface area contributed by atoms with Crippen molar-refractivity contribution in [2.75, 3.05) is 24.8 Å². The van der Waals surface area contributed by atoms with Crippen molar-refractivity contribution in [2.45, 2.75) is 23.6 Å². The number of nitrogens with zero attached hydrogens (tertiary/aromatic N) is 1. The van der Waals surface area contributed by atoms with Crippen LogP contribution in [-0.2, 0) is 11.3 Å². The average Bonchev–Trinajstić information content (AvgIpc) is 3.07. The Bertz CT molecular complexity index is 796. The van der Waals surface area contributed by atoms with Gasteiger partial charge in [0.15, 0.2) is 11.5 Å². The molecule has 1 atom stereocenters. The first-order chi connectivity index (χ1) is 12.2. The molecule has 2 aliphatic rings. The van der Waals surface area contributed by atoms with Crippen molar-refractivity contribution < 1.29 is 14.3 Å².